The number of carbonyl (C=O) groups excluding carboxylic acids is 1. The maximum Gasteiger partial charge on any atom is 0.262 e. The number of nitrogens with zero attached hydrogens (tertiary/aromatic N) is 2. The third kappa shape index (κ3) is 6.07. The first-order chi connectivity index (χ1) is 12.8. The van der Waals surface area contributed by atoms with Crippen molar-refractivity contribution in [2.45, 2.75) is 44.1 Å². The van der Waals surface area contributed by atoms with Crippen LogP contribution in [0.3, 0.4) is 0 Å². The predicted octanol–water partition coefficient (Wildman–Crippen LogP) is 1.18. The van der Waals surface area contributed by atoms with E-state index in [0.717, 1.165) is 13.0 Å². The lowest BCUT2D eigenvalue weighted by atomic mass is 10.2. The van der Waals surface area contributed by atoms with E-state index < -0.39 is 0 Å². The van der Waals surface area contributed by atoms with Gasteiger partial charge in [-0.25, -0.2) is 4.98 Å². The first-order valence-corrected chi connectivity index (χ1v) is 10.4. The highest BCUT2D eigenvalue weighted by atomic mass is 32.2. The van der Waals surface area contributed by atoms with Crippen LogP contribution in [0.1, 0.15) is 27.2 Å². The van der Waals surface area contributed by atoms with Crippen molar-refractivity contribution in [3.8, 4) is 0 Å². The Balaban J connectivity index is 2.29. The number of nitrogens with one attached hydrogen (secondary N) is 2. The Bertz CT molecular complexity index is 832. The lowest BCUT2D eigenvalue weighted by molar-refractivity contribution is -0.858. The van der Waals surface area contributed by atoms with Crippen molar-refractivity contribution < 1.29 is 9.69 Å². The smallest absolute Gasteiger partial charge is 0.262 e. The summed E-state index contributed by atoms with van der Waals surface area (Å²) in [6, 6.07) is 7.39. The molecule has 148 valence electrons. The van der Waals surface area contributed by atoms with Crippen molar-refractivity contribution in [2.75, 3.05) is 27.2 Å². The van der Waals surface area contributed by atoms with Gasteiger partial charge in [-0.15, -0.1) is 0 Å². The molecule has 0 fully saturated rings. The number of carbonyl (C=O) groups is 1. The van der Waals surface area contributed by atoms with Crippen LogP contribution in [-0.2, 0) is 11.3 Å². The molecule has 1 aromatic carbocycles. The molecule has 0 spiro atoms. The highest BCUT2D eigenvalue weighted by Crippen LogP contribution is 2.22. The van der Waals surface area contributed by atoms with Crippen LogP contribution in [0.4, 0.5) is 0 Å². The van der Waals surface area contributed by atoms with E-state index in [0.29, 0.717) is 35.1 Å². The third-order valence-electron chi connectivity index (χ3n) is 4.22. The summed E-state index contributed by atoms with van der Waals surface area (Å²) in [4.78, 5) is 31.4. The van der Waals surface area contributed by atoms with Crippen LogP contribution in [0.25, 0.3) is 10.9 Å². The average molecular weight is 392 g/mol. The number of rotatable bonds is 9. The molecule has 0 aliphatic carbocycles. The predicted molar refractivity (Wildman–Crippen MR) is 111 cm³/mol. The van der Waals surface area contributed by atoms with E-state index >= 15 is 0 Å². The second kappa shape index (κ2) is 9.90. The zero-order valence-electron chi connectivity index (χ0n) is 16.9. The van der Waals surface area contributed by atoms with Crippen LogP contribution >= 0.6 is 11.8 Å². The third-order valence-corrected chi connectivity index (χ3v) is 5.31. The molecule has 6 nitrogen and oxygen atoms in total. The van der Waals surface area contributed by atoms with Crippen molar-refractivity contribution in [1.82, 2.24) is 14.9 Å². The minimum atomic E-state index is -0.317. The van der Waals surface area contributed by atoms with Crippen LogP contribution < -0.4 is 15.8 Å². The number of hydrogen-bond donors (Lipinski definition) is 2. The molecule has 0 radical (unpaired) electrons. The van der Waals surface area contributed by atoms with E-state index in [1.807, 2.05) is 31.2 Å². The summed E-state index contributed by atoms with van der Waals surface area (Å²) in [6.45, 7) is 8.20. The van der Waals surface area contributed by atoms with Gasteiger partial charge in [-0.2, -0.15) is 0 Å². The van der Waals surface area contributed by atoms with E-state index in [2.05, 4.69) is 33.3 Å². The number of fused-ring (bicyclic) bond motifs is 1. The number of thioether (sulfide) groups is 1. The molecule has 2 N–H and O–H groups in total. The molecule has 0 aliphatic rings. The molecule has 2 rings (SSSR count). The Morgan fingerprint density at radius 3 is 2.63 bits per heavy atom. The Morgan fingerprint density at radius 1 is 1.26 bits per heavy atom. The Labute approximate surface area is 165 Å². The maximum absolute atomic E-state index is 13.0. The second-order valence-electron chi connectivity index (χ2n) is 7.58. The molecule has 0 saturated carbocycles. The topological polar surface area (TPSA) is 68.4 Å². The zero-order valence-corrected chi connectivity index (χ0v) is 17.7. The summed E-state index contributed by atoms with van der Waals surface area (Å²) >= 11 is 1.35. The average Bonchev–Trinajstić information content (AvgIpc) is 2.61. The van der Waals surface area contributed by atoms with Crippen molar-refractivity contribution in [3.05, 3.63) is 34.6 Å². The Kier molecular flexibility index (Phi) is 7.86. The number of hydrogen-bond acceptors (Lipinski definition) is 4. The van der Waals surface area contributed by atoms with Crippen LogP contribution in [0.15, 0.2) is 34.2 Å². The van der Waals surface area contributed by atoms with Crippen molar-refractivity contribution in [3.63, 3.8) is 0 Å². The summed E-state index contributed by atoms with van der Waals surface area (Å²) < 4.78 is 1.72. The van der Waals surface area contributed by atoms with E-state index in [-0.39, 0.29) is 16.7 Å². The maximum atomic E-state index is 13.0. The summed E-state index contributed by atoms with van der Waals surface area (Å²) in [7, 11) is 4.19. The van der Waals surface area contributed by atoms with E-state index in [1.165, 1.54) is 16.7 Å². The van der Waals surface area contributed by atoms with Gasteiger partial charge in [0.1, 0.15) is 0 Å². The summed E-state index contributed by atoms with van der Waals surface area (Å²) in [5.41, 5.74) is 0.640. The first kappa shape index (κ1) is 21.4. The molecule has 0 aliphatic heterocycles. The lowest BCUT2D eigenvalue weighted by Gasteiger charge is -2.17. The number of amides is 1. The molecule has 2 aromatic rings. The monoisotopic (exact) mass is 391 g/mol. The number of aromatic nitrogens is 2. The van der Waals surface area contributed by atoms with Gasteiger partial charge < -0.3 is 10.2 Å². The zero-order chi connectivity index (χ0) is 20.0. The normalized spacial score (nSPS) is 12.7. The van der Waals surface area contributed by atoms with Crippen molar-refractivity contribution in [2.24, 2.45) is 5.92 Å². The molecular formula is C20H31N4O2S+. The molecule has 1 heterocycles. The van der Waals surface area contributed by atoms with Crippen LogP contribution in [-0.4, -0.2) is 47.9 Å². The van der Waals surface area contributed by atoms with Gasteiger partial charge in [0.2, 0.25) is 5.91 Å². The van der Waals surface area contributed by atoms with E-state index in [1.54, 1.807) is 4.57 Å². The standard InChI is InChI=1S/C20H30N4O2S/c1-14(2)13-21-18(25)15(3)27-20-22-17-10-7-6-9-16(17)19(26)24(20)12-8-11-23(4)5/h6-7,9-10,14-15H,8,11-13H2,1-5H3,(H,21,25)/p+1/t15-/m1/s1. The fourth-order valence-electron chi connectivity index (χ4n) is 2.69. The Morgan fingerprint density at radius 2 is 1.96 bits per heavy atom. The highest BCUT2D eigenvalue weighted by Gasteiger charge is 2.19. The van der Waals surface area contributed by atoms with Gasteiger partial charge in [0.05, 0.1) is 36.8 Å². The first-order valence-electron chi connectivity index (χ1n) is 9.52. The Hall–Kier alpha value is -1.86. The van der Waals surface area contributed by atoms with E-state index in [4.69, 9.17) is 4.98 Å². The lowest BCUT2D eigenvalue weighted by Crippen LogP contribution is -3.05. The number of quaternary nitrogens is 1. The fraction of sp³-hybridized carbons (Fsp3) is 0.550. The van der Waals surface area contributed by atoms with Crippen molar-refractivity contribution in [1.29, 1.82) is 0 Å². The van der Waals surface area contributed by atoms with Crippen molar-refractivity contribution >= 4 is 28.6 Å². The van der Waals surface area contributed by atoms with Crippen LogP contribution in [0, 0.1) is 5.92 Å². The number of para-hydroxylation sites is 1. The van der Waals surface area contributed by atoms with Gasteiger partial charge in [0, 0.05) is 19.5 Å². The van der Waals surface area contributed by atoms with Gasteiger partial charge in [-0.05, 0) is 25.0 Å². The molecule has 0 bridgehead atoms. The van der Waals surface area contributed by atoms with Gasteiger partial charge in [-0.1, -0.05) is 37.7 Å². The molecular weight excluding hydrogens is 360 g/mol. The van der Waals surface area contributed by atoms with Gasteiger partial charge in [0.25, 0.3) is 5.56 Å². The van der Waals surface area contributed by atoms with E-state index in [9.17, 15) is 9.59 Å². The highest BCUT2D eigenvalue weighted by molar-refractivity contribution is 8.00. The minimum absolute atomic E-state index is 0.0274. The molecule has 0 saturated heterocycles. The van der Waals surface area contributed by atoms with Crippen LogP contribution in [0.2, 0.25) is 0 Å². The molecule has 7 heteroatoms. The molecule has 1 atom stereocenters. The van der Waals surface area contributed by atoms with Crippen LogP contribution in [0.5, 0.6) is 0 Å². The molecule has 0 unspecified atom stereocenters. The summed E-state index contributed by atoms with van der Waals surface area (Å²) in [6.07, 6.45) is 0.879. The van der Waals surface area contributed by atoms with Gasteiger partial charge in [-0.3, -0.25) is 14.2 Å². The largest absolute Gasteiger partial charge is 0.355 e. The van der Waals surface area contributed by atoms with Gasteiger partial charge >= 0.3 is 0 Å². The summed E-state index contributed by atoms with van der Waals surface area (Å²) in [5, 5.41) is 3.87. The quantitative estimate of drug-likeness (QED) is 0.498. The number of benzene rings is 1. The minimum Gasteiger partial charge on any atom is -0.355 e. The fourth-order valence-corrected chi connectivity index (χ4v) is 3.64. The second-order valence-corrected chi connectivity index (χ2v) is 8.89. The summed E-state index contributed by atoms with van der Waals surface area (Å²) in [5.74, 6) is 0.372. The molecule has 1 aromatic heterocycles. The van der Waals surface area contributed by atoms with Gasteiger partial charge in [0.15, 0.2) is 5.16 Å². The molecule has 27 heavy (non-hydrogen) atoms. The SMILES string of the molecule is CC(C)CNC(=O)[C@@H](C)Sc1nc2ccccc2c(=O)n1CCC[NH+](C)C. The molecule has 1 amide bonds.